The van der Waals surface area contributed by atoms with Crippen molar-refractivity contribution in [3.8, 4) is 5.75 Å². The standard InChI is InChI=1S/C25H36N6O6S/c1-14(2)21(31-22(33)18(26)10-15-4-6-17(32)7-5-15)24(35)30-20(11-16-12-27-13-28-16)23(34)29-19(25(36)37)8-9-38-3/h4-7,12-14,18-21,32H,8-11,26H2,1-3H3,(H,27,28)(H,29,34)(H,30,35)(H,31,33)(H,36,37). The number of carbonyl (C=O) groups excluding carboxylic acids is 3. The Labute approximate surface area is 225 Å². The molecule has 0 aliphatic heterocycles. The van der Waals surface area contributed by atoms with E-state index in [1.54, 1.807) is 26.0 Å². The third kappa shape index (κ3) is 9.71. The minimum Gasteiger partial charge on any atom is -0.508 e. The fraction of sp³-hybridized carbons (Fsp3) is 0.480. The van der Waals surface area contributed by atoms with Gasteiger partial charge in [-0.1, -0.05) is 26.0 Å². The summed E-state index contributed by atoms with van der Waals surface area (Å²) in [5.41, 5.74) is 7.36. The number of benzene rings is 1. The number of hydrogen-bond donors (Lipinski definition) is 7. The third-order valence-electron chi connectivity index (χ3n) is 5.81. The van der Waals surface area contributed by atoms with Crippen LogP contribution in [0.3, 0.4) is 0 Å². The van der Waals surface area contributed by atoms with E-state index in [0.29, 0.717) is 11.4 Å². The molecule has 0 saturated heterocycles. The first-order valence-corrected chi connectivity index (χ1v) is 13.5. The molecule has 0 aliphatic carbocycles. The number of nitrogens with two attached hydrogens (primary N) is 1. The maximum Gasteiger partial charge on any atom is 0.326 e. The Balaban J connectivity index is 2.12. The summed E-state index contributed by atoms with van der Waals surface area (Å²) in [5.74, 6) is -2.72. The van der Waals surface area contributed by atoms with Gasteiger partial charge in [0.25, 0.3) is 0 Å². The number of aliphatic carboxylic acids is 1. The van der Waals surface area contributed by atoms with E-state index in [1.165, 1.54) is 36.4 Å². The molecule has 0 radical (unpaired) electrons. The first-order chi connectivity index (χ1) is 18.0. The summed E-state index contributed by atoms with van der Waals surface area (Å²) in [6.07, 6.45) is 5.20. The van der Waals surface area contributed by atoms with Crippen molar-refractivity contribution in [1.82, 2.24) is 25.9 Å². The van der Waals surface area contributed by atoms with E-state index < -0.39 is 47.9 Å². The molecule has 1 aromatic heterocycles. The number of nitrogens with zero attached hydrogens (tertiary/aromatic N) is 1. The molecule has 3 amide bonds. The zero-order chi connectivity index (χ0) is 28.2. The minimum absolute atomic E-state index is 0.0333. The summed E-state index contributed by atoms with van der Waals surface area (Å²) in [5, 5.41) is 26.8. The molecule has 4 unspecified atom stereocenters. The summed E-state index contributed by atoms with van der Waals surface area (Å²) in [6, 6.07) is 2.09. The van der Waals surface area contributed by atoms with Crippen LogP contribution in [0.2, 0.25) is 0 Å². The second kappa shape index (κ2) is 15.0. The highest BCUT2D eigenvalue weighted by atomic mass is 32.2. The molecule has 13 heteroatoms. The number of nitrogens with one attached hydrogen (secondary N) is 4. The first-order valence-electron chi connectivity index (χ1n) is 12.1. The van der Waals surface area contributed by atoms with E-state index in [1.807, 2.05) is 6.26 Å². The molecule has 38 heavy (non-hydrogen) atoms. The average molecular weight is 549 g/mol. The molecule has 2 rings (SSSR count). The number of phenolic OH excluding ortho intramolecular Hbond substituents is 1. The molecule has 0 bridgehead atoms. The second-order valence-electron chi connectivity index (χ2n) is 9.23. The van der Waals surface area contributed by atoms with Gasteiger partial charge in [-0.2, -0.15) is 11.8 Å². The lowest BCUT2D eigenvalue weighted by Crippen LogP contribution is -2.59. The molecule has 208 valence electrons. The minimum atomic E-state index is -1.17. The SMILES string of the molecule is CSCCC(NC(=O)C(Cc1cnc[nH]1)NC(=O)C(NC(=O)C(N)Cc1ccc(O)cc1)C(C)C)C(=O)O. The molecule has 0 fully saturated rings. The molecule has 1 heterocycles. The van der Waals surface area contributed by atoms with Gasteiger partial charge in [0.2, 0.25) is 17.7 Å². The number of aromatic hydroxyl groups is 1. The fourth-order valence-corrected chi connectivity index (χ4v) is 4.10. The van der Waals surface area contributed by atoms with E-state index in [-0.39, 0.29) is 30.9 Å². The molecular weight excluding hydrogens is 512 g/mol. The van der Waals surface area contributed by atoms with Gasteiger partial charge in [-0.25, -0.2) is 9.78 Å². The number of carboxylic acid groups (broad SMARTS) is 1. The van der Waals surface area contributed by atoms with Crippen LogP contribution >= 0.6 is 11.8 Å². The highest BCUT2D eigenvalue weighted by Crippen LogP contribution is 2.12. The van der Waals surface area contributed by atoms with Crippen LogP contribution < -0.4 is 21.7 Å². The van der Waals surface area contributed by atoms with Gasteiger partial charge in [0.15, 0.2) is 0 Å². The van der Waals surface area contributed by atoms with Crippen molar-refractivity contribution in [1.29, 1.82) is 0 Å². The Morgan fingerprint density at radius 3 is 2.21 bits per heavy atom. The van der Waals surface area contributed by atoms with Crippen molar-refractivity contribution in [2.24, 2.45) is 11.7 Å². The number of aromatic amines is 1. The highest BCUT2D eigenvalue weighted by Gasteiger charge is 2.32. The number of phenols is 1. The lowest BCUT2D eigenvalue weighted by atomic mass is 10.0. The van der Waals surface area contributed by atoms with Crippen LogP contribution in [-0.4, -0.2) is 80.0 Å². The number of hydrogen-bond acceptors (Lipinski definition) is 8. The van der Waals surface area contributed by atoms with Gasteiger partial charge in [0, 0.05) is 18.3 Å². The monoisotopic (exact) mass is 548 g/mol. The van der Waals surface area contributed by atoms with Crippen LogP contribution in [0.25, 0.3) is 0 Å². The van der Waals surface area contributed by atoms with Gasteiger partial charge >= 0.3 is 5.97 Å². The molecule has 8 N–H and O–H groups in total. The van der Waals surface area contributed by atoms with Gasteiger partial charge in [-0.05, 0) is 48.5 Å². The number of aromatic nitrogens is 2. The maximum absolute atomic E-state index is 13.3. The zero-order valence-corrected chi connectivity index (χ0v) is 22.5. The van der Waals surface area contributed by atoms with Crippen LogP contribution in [0.4, 0.5) is 0 Å². The predicted octanol–water partition coefficient (Wildman–Crippen LogP) is 0.176. The molecular formula is C25H36N6O6S. The molecule has 4 atom stereocenters. The Hall–Kier alpha value is -3.58. The van der Waals surface area contributed by atoms with Crippen molar-refractivity contribution in [3.63, 3.8) is 0 Å². The zero-order valence-electron chi connectivity index (χ0n) is 21.6. The summed E-state index contributed by atoms with van der Waals surface area (Å²) < 4.78 is 0. The Morgan fingerprint density at radius 1 is 1.00 bits per heavy atom. The van der Waals surface area contributed by atoms with Gasteiger partial charge < -0.3 is 36.9 Å². The van der Waals surface area contributed by atoms with E-state index in [4.69, 9.17) is 5.73 Å². The van der Waals surface area contributed by atoms with Gasteiger partial charge in [-0.3, -0.25) is 14.4 Å². The quantitative estimate of drug-likeness (QED) is 0.162. The lowest BCUT2D eigenvalue weighted by molar-refractivity contribution is -0.142. The van der Waals surface area contributed by atoms with Crippen molar-refractivity contribution in [3.05, 3.63) is 48.0 Å². The topological polar surface area (TPSA) is 200 Å². The maximum atomic E-state index is 13.3. The molecule has 12 nitrogen and oxygen atoms in total. The van der Waals surface area contributed by atoms with E-state index in [0.717, 1.165) is 5.56 Å². The average Bonchev–Trinajstić information content (AvgIpc) is 3.38. The molecule has 0 aliphatic rings. The van der Waals surface area contributed by atoms with Crippen molar-refractivity contribution >= 4 is 35.5 Å². The van der Waals surface area contributed by atoms with E-state index in [2.05, 4.69) is 25.9 Å². The highest BCUT2D eigenvalue weighted by molar-refractivity contribution is 7.98. The fourth-order valence-electron chi connectivity index (χ4n) is 3.63. The van der Waals surface area contributed by atoms with Gasteiger partial charge in [0.05, 0.1) is 12.4 Å². The Kier molecular flexibility index (Phi) is 12.1. The second-order valence-corrected chi connectivity index (χ2v) is 10.2. The first kappa shape index (κ1) is 30.6. The van der Waals surface area contributed by atoms with E-state index in [9.17, 15) is 29.4 Å². The normalized spacial score (nSPS) is 14.2. The third-order valence-corrected chi connectivity index (χ3v) is 6.46. The van der Waals surface area contributed by atoms with Crippen LogP contribution in [0.15, 0.2) is 36.8 Å². The summed E-state index contributed by atoms with van der Waals surface area (Å²) in [4.78, 5) is 57.6. The lowest BCUT2D eigenvalue weighted by Gasteiger charge is -2.27. The summed E-state index contributed by atoms with van der Waals surface area (Å²) >= 11 is 1.45. The summed E-state index contributed by atoms with van der Waals surface area (Å²) in [7, 11) is 0. The van der Waals surface area contributed by atoms with Crippen molar-refractivity contribution in [2.75, 3.05) is 12.0 Å². The van der Waals surface area contributed by atoms with Gasteiger partial charge in [0.1, 0.15) is 23.9 Å². The van der Waals surface area contributed by atoms with Gasteiger partial charge in [-0.15, -0.1) is 0 Å². The van der Waals surface area contributed by atoms with Crippen LogP contribution in [0.5, 0.6) is 5.75 Å². The van der Waals surface area contributed by atoms with Crippen molar-refractivity contribution in [2.45, 2.75) is 57.3 Å². The number of thioether (sulfide) groups is 1. The Morgan fingerprint density at radius 2 is 1.66 bits per heavy atom. The molecule has 0 saturated carbocycles. The van der Waals surface area contributed by atoms with Crippen LogP contribution in [0, 0.1) is 5.92 Å². The van der Waals surface area contributed by atoms with E-state index >= 15 is 0 Å². The number of carbonyl (C=O) groups is 4. The van der Waals surface area contributed by atoms with Crippen LogP contribution in [-0.2, 0) is 32.0 Å². The van der Waals surface area contributed by atoms with Crippen LogP contribution in [0.1, 0.15) is 31.5 Å². The molecule has 2 aromatic rings. The predicted molar refractivity (Wildman–Crippen MR) is 143 cm³/mol. The largest absolute Gasteiger partial charge is 0.508 e. The number of carboxylic acids is 1. The molecule has 0 spiro atoms. The summed E-state index contributed by atoms with van der Waals surface area (Å²) in [6.45, 7) is 3.48. The van der Waals surface area contributed by atoms with Crippen molar-refractivity contribution < 1.29 is 29.4 Å². The number of rotatable bonds is 15. The number of amides is 3. The number of imidazole rings is 1. The number of H-pyrrole nitrogens is 1. The smallest absolute Gasteiger partial charge is 0.326 e. The molecule has 1 aromatic carbocycles. The Bertz CT molecular complexity index is 1060.